The Morgan fingerprint density at radius 2 is 2.07 bits per heavy atom. The summed E-state index contributed by atoms with van der Waals surface area (Å²) in [7, 11) is 0. The van der Waals surface area contributed by atoms with Crippen molar-refractivity contribution in [1.29, 1.82) is 0 Å². The van der Waals surface area contributed by atoms with Crippen molar-refractivity contribution in [3.63, 3.8) is 0 Å². The first-order valence-electron chi connectivity index (χ1n) is 5.04. The molecule has 1 aromatic heterocycles. The lowest BCUT2D eigenvalue weighted by molar-refractivity contribution is 0.539. The quantitative estimate of drug-likeness (QED) is 0.758. The number of hydrogen-bond donors (Lipinski definition) is 1. The maximum Gasteiger partial charge on any atom is 0.130 e. The molecule has 3 heteroatoms. The number of nitrogens with zero attached hydrogens (tertiary/aromatic N) is 1. The zero-order valence-corrected chi connectivity index (χ0v) is 10.2. The van der Waals surface area contributed by atoms with E-state index >= 15 is 0 Å². The van der Waals surface area contributed by atoms with Gasteiger partial charge in [-0.1, -0.05) is 46.3 Å². The van der Waals surface area contributed by atoms with Crippen LogP contribution in [0.2, 0.25) is 0 Å². The van der Waals surface area contributed by atoms with E-state index in [2.05, 4.69) is 37.7 Å². The molecule has 0 aromatic carbocycles. The molecule has 0 saturated carbocycles. The third kappa shape index (κ3) is 2.91. The number of aromatic amines is 1. The average Bonchev–Trinajstić information content (AvgIpc) is 2.02. The maximum absolute atomic E-state index is 5.14. The lowest BCUT2D eigenvalue weighted by Crippen LogP contribution is -2.17. The molecule has 0 fully saturated rings. The van der Waals surface area contributed by atoms with Gasteiger partial charge in [-0.05, 0) is 12.5 Å². The first-order valence-corrected chi connectivity index (χ1v) is 5.45. The van der Waals surface area contributed by atoms with Gasteiger partial charge in [0.15, 0.2) is 0 Å². The molecule has 0 saturated heterocycles. The Labute approximate surface area is 90.8 Å². The van der Waals surface area contributed by atoms with Gasteiger partial charge in [-0.3, -0.25) is 0 Å². The summed E-state index contributed by atoms with van der Waals surface area (Å²) in [5.41, 5.74) is 1.23. The van der Waals surface area contributed by atoms with Crippen LogP contribution in [-0.2, 0) is 11.8 Å². The lowest BCUT2D eigenvalue weighted by atomic mass is 9.95. The van der Waals surface area contributed by atoms with Crippen LogP contribution < -0.4 is 0 Å². The van der Waals surface area contributed by atoms with Crippen molar-refractivity contribution >= 4 is 12.2 Å². The molecule has 14 heavy (non-hydrogen) atoms. The zero-order valence-electron chi connectivity index (χ0n) is 9.35. The Hall–Kier alpha value is -0.700. The van der Waals surface area contributed by atoms with Crippen LogP contribution in [-0.4, -0.2) is 9.97 Å². The van der Waals surface area contributed by atoms with Gasteiger partial charge in [0.25, 0.3) is 0 Å². The Balaban J connectivity index is 3.14. The molecule has 0 amide bonds. The Morgan fingerprint density at radius 1 is 1.43 bits per heavy atom. The highest BCUT2D eigenvalue weighted by Crippen LogP contribution is 2.18. The molecule has 0 aliphatic carbocycles. The van der Waals surface area contributed by atoms with Crippen molar-refractivity contribution < 1.29 is 0 Å². The van der Waals surface area contributed by atoms with Crippen LogP contribution in [0, 0.1) is 4.64 Å². The fourth-order valence-electron chi connectivity index (χ4n) is 1.27. The molecule has 1 N–H and O–H groups in total. The van der Waals surface area contributed by atoms with Gasteiger partial charge in [0, 0.05) is 11.1 Å². The number of hydrogen-bond acceptors (Lipinski definition) is 2. The van der Waals surface area contributed by atoms with E-state index in [4.69, 9.17) is 12.2 Å². The topological polar surface area (TPSA) is 28.7 Å². The smallest absolute Gasteiger partial charge is 0.130 e. The highest BCUT2D eigenvalue weighted by atomic mass is 32.1. The van der Waals surface area contributed by atoms with Gasteiger partial charge in [0.2, 0.25) is 0 Å². The van der Waals surface area contributed by atoms with E-state index < -0.39 is 0 Å². The second-order valence-corrected chi connectivity index (χ2v) is 5.01. The van der Waals surface area contributed by atoms with E-state index in [1.54, 1.807) is 0 Å². The minimum absolute atomic E-state index is 0.0390. The summed E-state index contributed by atoms with van der Waals surface area (Å²) in [4.78, 5) is 7.69. The first kappa shape index (κ1) is 11.4. The Kier molecular flexibility index (Phi) is 3.43. The van der Waals surface area contributed by atoms with Crippen molar-refractivity contribution in [2.75, 3.05) is 0 Å². The van der Waals surface area contributed by atoms with E-state index in [1.807, 2.05) is 6.07 Å². The van der Waals surface area contributed by atoms with Crippen molar-refractivity contribution in [3.05, 3.63) is 22.2 Å². The van der Waals surface area contributed by atoms with E-state index in [1.165, 1.54) is 5.69 Å². The first-order chi connectivity index (χ1) is 6.43. The molecule has 0 radical (unpaired) electrons. The molecule has 0 aliphatic heterocycles. The third-order valence-electron chi connectivity index (χ3n) is 2.03. The molecule has 0 aliphatic rings. The lowest BCUT2D eigenvalue weighted by Gasteiger charge is -2.18. The van der Waals surface area contributed by atoms with Gasteiger partial charge in [-0.15, -0.1) is 0 Å². The van der Waals surface area contributed by atoms with E-state index in [0.29, 0.717) is 4.64 Å². The molecule has 0 unspecified atom stereocenters. The van der Waals surface area contributed by atoms with Gasteiger partial charge in [-0.2, -0.15) is 0 Å². The molecular weight excluding hydrogens is 192 g/mol. The number of aryl methyl sites for hydroxylation is 1. The monoisotopic (exact) mass is 210 g/mol. The minimum atomic E-state index is 0.0390. The molecule has 1 aromatic rings. The average molecular weight is 210 g/mol. The fourth-order valence-corrected chi connectivity index (χ4v) is 1.50. The third-order valence-corrected chi connectivity index (χ3v) is 2.24. The standard InChI is InChI=1S/C11H18N2S/c1-5-6-8-7-9(14)13-10(12-8)11(2,3)4/h7H,5-6H2,1-4H3,(H,12,13,14). The fraction of sp³-hybridized carbons (Fsp3) is 0.636. The molecular formula is C11H18N2S. The Morgan fingerprint density at radius 3 is 2.57 bits per heavy atom. The second-order valence-electron chi connectivity index (χ2n) is 4.59. The number of nitrogens with one attached hydrogen (secondary N) is 1. The summed E-state index contributed by atoms with van der Waals surface area (Å²) in [6, 6.07) is 1.95. The van der Waals surface area contributed by atoms with Crippen LogP contribution in [0.25, 0.3) is 0 Å². The molecule has 1 heterocycles. The zero-order chi connectivity index (χ0) is 10.8. The van der Waals surface area contributed by atoms with E-state index in [-0.39, 0.29) is 5.41 Å². The molecule has 0 atom stereocenters. The molecule has 1 rings (SSSR count). The van der Waals surface area contributed by atoms with Crippen LogP contribution in [0.15, 0.2) is 6.07 Å². The highest BCUT2D eigenvalue weighted by Gasteiger charge is 2.16. The predicted molar refractivity (Wildman–Crippen MR) is 62.1 cm³/mol. The summed E-state index contributed by atoms with van der Waals surface area (Å²) in [6.07, 6.45) is 2.16. The van der Waals surface area contributed by atoms with Gasteiger partial charge in [0.1, 0.15) is 10.5 Å². The summed E-state index contributed by atoms with van der Waals surface area (Å²) in [5, 5.41) is 0. The number of H-pyrrole nitrogens is 1. The SMILES string of the molecule is CCCc1cc(=S)nc(C(C)(C)C)[nH]1. The van der Waals surface area contributed by atoms with Crippen LogP contribution in [0.3, 0.4) is 0 Å². The van der Waals surface area contributed by atoms with Crippen LogP contribution >= 0.6 is 12.2 Å². The Bertz CT molecular complexity index is 360. The van der Waals surface area contributed by atoms with Gasteiger partial charge >= 0.3 is 0 Å². The highest BCUT2D eigenvalue weighted by molar-refractivity contribution is 7.71. The minimum Gasteiger partial charge on any atom is -0.347 e. The largest absolute Gasteiger partial charge is 0.347 e. The summed E-state index contributed by atoms with van der Waals surface area (Å²) in [6.45, 7) is 8.57. The number of aromatic nitrogens is 2. The summed E-state index contributed by atoms with van der Waals surface area (Å²) < 4.78 is 0.692. The maximum atomic E-state index is 5.14. The van der Waals surface area contributed by atoms with Crippen molar-refractivity contribution in [2.24, 2.45) is 0 Å². The van der Waals surface area contributed by atoms with E-state index in [0.717, 1.165) is 18.7 Å². The van der Waals surface area contributed by atoms with Gasteiger partial charge < -0.3 is 4.98 Å². The van der Waals surface area contributed by atoms with Gasteiger partial charge in [0.05, 0.1) is 0 Å². The molecule has 2 nitrogen and oxygen atoms in total. The molecule has 78 valence electrons. The second kappa shape index (κ2) is 4.22. The van der Waals surface area contributed by atoms with Crippen LogP contribution in [0.5, 0.6) is 0 Å². The van der Waals surface area contributed by atoms with Crippen LogP contribution in [0.4, 0.5) is 0 Å². The van der Waals surface area contributed by atoms with Crippen LogP contribution in [0.1, 0.15) is 45.6 Å². The molecule has 0 bridgehead atoms. The normalized spacial score (nSPS) is 11.7. The van der Waals surface area contributed by atoms with Crippen molar-refractivity contribution in [2.45, 2.75) is 46.0 Å². The van der Waals surface area contributed by atoms with E-state index in [9.17, 15) is 0 Å². The van der Waals surface area contributed by atoms with Crippen molar-refractivity contribution in [3.8, 4) is 0 Å². The van der Waals surface area contributed by atoms with Crippen molar-refractivity contribution in [1.82, 2.24) is 9.97 Å². The predicted octanol–water partition coefficient (Wildman–Crippen LogP) is 3.39. The summed E-state index contributed by atoms with van der Waals surface area (Å²) in [5.74, 6) is 0.980. The molecule has 0 spiro atoms. The van der Waals surface area contributed by atoms with Gasteiger partial charge in [-0.25, -0.2) is 4.98 Å². The number of rotatable bonds is 2. The summed E-state index contributed by atoms with van der Waals surface area (Å²) >= 11 is 5.14.